The largest absolute Gasteiger partial charge is 0.493 e. The van der Waals surface area contributed by atoms with Gasteiger partial charge in [0.2, 0.25) is 0 Å². The van der Waals surface area contributed by atoms with E-state index < -0.39 is 0 Å². The summed E-state index contributed by atoms with van der Waals surface area (Å²) in [5.41, 5.74) is 1.30. The van der Waals surface area contributed by atoms with Crippen molar-refractivity contribution in [1.29, 1.82) is 0 Å². The topological polar surface area (TPSA) is 58.1 Å². The van der Waals surface area contributed by atoms with E-state index in [2.05, 4.69) is 58.6 Å². The number of rotatable bonds is 11. The SMILES string of the molecule is CN=C(NCCc1ccc(OCC(C)C)cc1)NC1CCN(CCCOC)CC1.I. The third kappa shape index (κ3) is 10.8. The Balaban J connectivity index is 0.00000450. The summed E-state index contributed by atoms with van der Waals surface area (Å²) < 4.78 is 10.9. The van der Waals surface area contributed by atoms with Crippen molar-refractivity contribution in [2.75, 3.05) is 53.6 Å². The van der Waals surface area contributed by atoms with E-state index in [1.54, 1.807) is 7.11 Å². The quantitative estimate of drug-likeness (QED) is 0.198. The molecule has 0 saturated carbocycles. The van der Waals surface area contributed by atoms with Crippen molar-refractivity contribution in [3.05, 3.63) is 29.8 Å². The highest BCUT2D eigenvalue weighted by Crippen LogP contribution is 2.14. The summed E-state index contributed by atoms with van der Waals surface area (Å²) in [7, 11) is 3.61. The average Bonchev–Trinajstić information content (AvgIpc) is 2.73. The Hall–Kier alpha value is -1.06. The molecule has 0 bridgehead atoms. The minimum absolute atomic E-state index is 0. The van der Waals surface area contributed by atoms with Gasteiger partial charge in [0, 0.05) is 53.0 Å². The van der Waals surface area contributed by atoms with Gasteiger partial charge in [-0.15, -0.1) is 24.0 Å². The fraction of sp³-hybridized carbons (Fsp3) is 0.696. The van der Waals surface area contributed by atoms with Crippen LogP contribution in [0.15, 0.2) is 29.3 Å². The van der Waals surface area contributed by atoms with Crippen LogP contribution >= 0.6 is 24.0 Å². The van der Waals surface area contributed by atoms with Crippen LogP contribution in [-0.2, 0) is 11.2 Å². The van der Waals surface area contributed by atoms with Crippen LogP contribution in [-0.4, -0.2) is 70.5 Å². The molecule has 172 valence electrons. The van der Waals surface area contributed by atoms with Crippen molar-refractivity contribution in [1.82, 2.24) is 15.5 Å². The number of nitrogens with one attached hydrogen (secondary N) is 2. The first-order valence-corrected chi connectivity index (χ1v) is 11.0. The number of ether oxygens (including phenoxy) is 2. The Morgan fingerprint density at radius 2 is 1.90 bits per heavy atom. The molecule has 1 saturated heterocycles. The maximum absolute atomic E-state index is 5.75. The summed E-state index contributed by atoms with van der Waals surface area (Å²) in [4.78, 5) is 6.92. The van der Waals surface area contributed by atoms with Gasteiger partial charge < -0.3 is 25.0 Å². The summed E-state index contributed by atoms with van der Waals surface area (Å²) in [5, 5.41) is 7.03. The summed E-state index contributed by atoms with van der Waals surface area (Å²) in [6, 6.07) is 8.91. The predicted molar refractivity (Wildman–Crippen MR) is 136 cm³/mol. The van der Waals surface area contributed by atoms with Gasteiger partial charge in [-0.25, -0.2) is 0 Å². The molecule has 0 amide bonds. The fourth-order valence-electron chi connectivity index (χ4n) is 3.46. The molecule has 0 radical (unpaired) electrons. The van der Waals surface area contributed by atoms with Crippen LogP contribution in [0.2, 0.25) is 0 Å². The molecule has 1 heterocycles. The molecule has 1 aliphatic rings. The van der Waals surface area contributed by atoms with Gasteiger partial charge in [0.15, 0.2) is 5.96 Å². The van der Waals surface area contributed by atoms with Crippen molar-refractivity contribution in [3.63, 3.8) is 0 Å². The highest BCUT2D eigenvalue weighted by Gasteiger charge is 2.19. The second-order valence-corrected chi connectivity index (χ2v) is 8.20. The van der Waals surface area contributed by atoms with Crippen molar-refractivity contribution >= 4 is 29.9 Å². The van der Waals surface area contributed by atoms with Crippen LogP contribution in [0.25, 0.3) is 0 Å². The standard InChI is InChI=1S/C23H40N4O2.HI/c1-19(2)18-29-22-8-6-20(7-9-22)10-13-25-23(24-3)26-21-11-15-27(16-12-21)14-5-17-28-4;/h6-9,19,21H,5,10-18H2,1-4H3,(H2,24,25,26);1H. The molecular weight excluding hydrogens is 491 g/mol. The molecule has 2 N–H and O–H groups in total. The maximum atomic E-state index is 5.75. The van der Waals surface area contributed by atoms with Crippen LogP contribution in [0.1, 0.15) is 38.7 Å². The molecule has 0 atom stereocenters. The van der Waals surface area contributed by atoms with Crippen LogP contribution in [0, 0.1) is 5.92 Å². The molecule has 1 aromatic carbocycles. The Labute approximate surface area is 200 Å². The number of halogens is 1. The lowest BCUT2D eigenvalue weighted by Gasteiger charge is -2.33. The highest BCUT2D eigenvalue weighted by molar-refractivity contribution is 14.0. The van der Waals surface area contributed by atoms with Gasteiger partial charge in [-0.2, -0.15) is 0 Å². The second-order valence-electron chi connectivity index (χ2n) is 8.20. The lowest BCUT2D eigenvalue weighted by atomic mass is 10.1. The third-order valence-electron chi connectivity index (χ3n) is 5.19. The van der Waals surface area contributed by atoms with Gasteiger partial charge in [-0.1, -0.05) is 26.0 Å². The first-order valence-electron chi connectivity index (χ1n) is 11.0. The number of methoxy groups -OCH3 is 1. The summed E-state index contributed by atoms with van der Waals surface area (Å²) >= 11 is 0. The number of piperidine rings is 1. The van der Waals surface area contributed by atoms with Crippen molar-refractivity contribution in [3.8, 4) is 5.75 Å². The Morgan fingerprint density at radius 3 is 2.50 bits per heavy atom. The van der Waals surface area contributed by atoms with E-state index in [0.29, 0.717) is 12.0 Å². The number of hydrogen-bond acceptors (Lipinski definition) is 4. The lowest BCUT2D eigenvalue weighted by molar-refractivity contribution is 0.155. The number of nitrogens with zero attached hydrogens (tertiary/aromatic N) is 2. The Kier molecular flexibility index (Phi) is 14.1. The van der Waals surface area contributed by atoms with Crippen LogP contribution in [0.5, 0.6) is 5.75 Å². The van der Waals surface area contributed by atoms with E-state index >= 15 is 0 Å². The number of hydrogen-bond donors (Lipinski definition) is 2. The summed E-state index contributed by atoms with van der Waals surface area (Å²) in [6.45, 7) is 10.2. The van der Waals surface area contributed by atoms with E-state index in [0.717, 1.165) is 76.8 Å². The fourth-order valence-corrected chi connectivity index (χ4v) is 3.46. The van der Waals surface area contributed by atoms with Crippen LogP contribution in [0.3, 0.4) is 0 Å². The summed E-state index contributed by atoms with van der Waals surface area (Å²) in [5.74, 6) is 2.39. The number of guanidine groups is 1. The molecule has 1 aromatic rings. The van der Waals surface area contributed by atoms with E-state index in [9.17, 15) is 0 Å². The monoisotopic (exact) mass is 532 g/mol. The number of benzene rings is 1. The minimum Gasteiger partial charge on any atom is -0.493 e. The van der Waals surface area contributed by atoms with Gasteiger partial charge in [0.25, 0.3) is 0 Å². The van der Waals surface area contributed by atoms with Crippen LogP contribution < -0.4 is 15.4 Å². The average molecular weight is 533 g/mol. The zero-order valence-corrected chi connectivity index (χ0v) is 21.5. The maximum Gasteiger partial charge on any atom is 0.191 e. The molecule has 30 heavy (non-hydrogen) atoms. The molecular formula is C23H41IN4O2. The van der Waals surface area contributed by atoms with Gasteiger partial charge in [0.1, 0.15) is 5.75 Å². The van der Waals surface area contributed by atoms with E-state index in [1.807, 2.05) is 7.05 Å². The zero-order chi connectivity index (χ0) is 20.9. The molecule has 0 spiro atoms. The van der Waals surface area contributed by atoms with E-state index in [1.165, 1.54) is 5.56 Å². The minimum atomic E-state index is 0. The predicted octanol–water partition coefficient (Wildman–Crippen LogP) is 3.55. The lowest BCUT2D eigenvalue weighted by Crippen LogP contribution is -2.49. The molecule has 0 unspecified atom stereocenters. The van der Waals surface area contributed by atoms with Gasteiger partial charge in [-0.05, 0) is 49.3 Å². The van der Waals surface area contributed by atoms with Gasteiger partial charge in [-0.3, -0.25) is 4.99 Å². The van der Waals surface area contributed by atoms with Crippen LogP contribution in [0.4, 0.5) is 0 Å². The molecule has 2 rings (SSSR count). The zero-order valence-electron chi connectivity index (χ0n) is 19.2. The second kappa shape index (κ2) is 15.7. The van der Waals surface area contributed by atoms with E-state index in [-0.39, 0.29) is 24.0 Å². The first kappa shape index (κ1) is 27.0. The van der Waals surface area contributed by atoms with Gasteiger partial charge in [0.05, 0.1) is 6.61 Å². The third-order valence-corrected chi connectivity index (χ3v) is 5.19. The molecule has 1 fully saturated rings. The molecule has 1 aliphatic heterocycles. The molecule has 0 aromatic heterocycles. The number of aliphatic imine (C=N–C) groups is 1. The van der Waals surface area contributed by atoms with E-state index in [4.69, 9.17) is 9.47 Å². The highest BCUT2D eigenvalue weighted by atomic mass is 127. The smallest absolute Gasteiger partial charge is 0.191 e. The molecule has 0 aliphatic carbocycles. The number of likely N-dealkylation sites (tertiary alicyclic amines) is 1. The normalized spacial score (nSPS) is 15.7. The van der Waals surface area contributed by atoms with Gasteiger partial charge >= 0.3 is 0 Å². The molecule has 7 heteroatoms. The first-order chi connectivity index (χ1) is 14.1. The Bertz CT molecular complexity index is 587. The van der Waals surface area contributed by atoms with Crippen molar-refractivity contribution in [2.45, 2.75) is 45.6 Å². The summed E-state index contributed by atoms with van der Waals surface area (Å²) in [6.07, 6.45) is 4.39. The van der Waals surface area contributed by atoms with Crippen molar-refractivity contribution < 1.29 is 9.47 Å². The van der Waals surface area contributed by atoms with Crippen molar-refractivity contribution in [2.24, 2.45) is 10.9 Å². The Morgan fingerprint density at radius 1 is 1.20 bits per heavy atom. The molecule has 6 nitrogen and oxygen atoms in total.